The molecule has 0 aliphatic carbocycles. The number of ether oxygens (including phenoxy) is 3. The predicted octanol–water partition coefficient (Wildman–Crippen LogP) is 3.24. The molecule has 5 nitrogen and oxygen atoms in total. The van der Waals surface area contributed by atoms with Gasteiger partial charge < -0.3 is 14.2 Å². The van der Waals surface area contributed by atoms with Crippen LogP contribution >= 0.6 is 0 Å². The monoisotopic (exact) mass is 346 g/mol. The molecule has 0 radical (unpaired) electrons. The number of hydrogen-bond acceptors (Lipinski definition) is 5. The molecule has 0 amide bonds. The molecule has 5 heteroatoms. The van der Waals surface area contributed by atoms with Gasteiger partial charge in [0, 0.05) is 0 Å². The Morgan fingerprint density at radius 2 is 1.72 bits per heavy atom. The third kappa shape index (κ3) is 3.61. The van der Waals surface area contributed by atoms with Crippen molar-refractivity contribution >= 4 is 18.0 Å². The molecule has 1 aliphatic heterocycles. The van der Waals surface area contributed by atoms with Gasteiger partial charge in [0.2, 0.25) is 5.41 Å². The van der Waals surface area contributed by atoms with E-state index in [2.05, 4.69) is 0 Å². The molecule has 0 N–H and O–H groups in total. The summed E-state index contributed by atoms with van der Waals surface area (Å²) >= 11 is 0. The van der Waals surface area contributed by atoms with Crippen LogP contribution in [-0.4, -0.2) is 37.9 Å². The van der Waals surface area contributed by atoms with Crippen LogP contribution in [0.3, 0.4) is 0 Å². The molecular weight excluding hydrogens is 320 g/mol. The topological polar surface area (TPSA) is 61.8 Å². The number of benzene rings is 1. The van der Waals surface area contributed by atoms with Crippen molar-refractivity contribution in [1.29, 1.82) is 0 Å². The SMILES string of the molecule is CCOC(=O)C1(C(=O)OCC)/C(=C/c2ccccc2)COC1C(C)C. The Morgan fingerprint density at radius 1 is 1.16 bits per heavy atom. The van der Waals surface area contributed by atoms with Crippen LogP contribution in [0.4, 0.5) is 0 Å². The summed E-state index contributed by atoms with van der Waals surface area (Å²) in [6.07, 6.45) is 1.21. The molecule has 1 unspecified atom stereocenters. The van der Waals surface area contributed by atoms with E-state index in [1.165, 1.54) is 0 Å². The van der Waals surface area contributed by atoms with Crippen LogP contribution in [0.1, 0.15) is 33.3 Å². The average Bonchev–Trinajstić information content (AvgIpc) is 2.96. The van der Waals surface area contributed by atoms with Gasteiger partial charge in [-0.05, 0) is 30.9 Å². The van der Waals surface area contributed by atoms with Crippen LogP contribution in [0.15, 0.2) is 35.9 Å². The molecule has 1 aromatic rings. The zero-order valence-electron chi connectivity index (χ0n) is 15.3. The largest absolute Gasteiger partial charge is 0.465 e. The van der Waals surface area contributed by atoms with E-state index in [9.17, 15) is 9.59 Å². The van der Waals surface area contributed by atoms with Crippen molar-refractivity contribution in [1.82, 2.24) is 0 Å². The summed E-state index contributed by atoms with van der Waals surface area (Å²) in [5.74, 6) is -1.27. The van der Waals surface area contributed by atoms with Crippen molar-refractivity contribution in [2.24, 2.45) is 11.3 Å². The molecule has 0 saturated carbocycles. The summed E-state index contributed by atoms with van der Waals surface area (Å²) in [4.78, 5) is 25.9. The van der Waals surface area contributed by atoms with Crippen LogP contribution in [0, 0.1) is 11.3 Å². The molecule has 136 valence electrons. The van der Waals surface area contributed by atoms with Gasteiger partial charge in [-0.3, -0.25) is 9.59 Å². The lowest BCUT2D eigenvalue weighted by atomic mass is 9.73. The highest BCUT2D eigenvalue weighted by atomic mass is 16.6. The van der Waals surface area contributed by atoms with E-state index in [0.717, 1.165) is 5.56 Å². The molecule has 2 rings (SSSR count). The molecule has 1 aliphatic rings. The summed E-state index contributed by atoms with van der Waals surface area (Å²) in [5.41, 5.74) is -0.0893. The lowest BCUT2D eigenvalue weighted by Crippen LogP contribution is -2.51. The van der Waals surface area contributed by atoms with Gasteiger partial charge in [-0.2, -0.15) is 0 Å². The lowest BCUT2D eigenvalue weighted by molar-refractivity contribution is -0.175. The van der Waals surface area contributed by atoms with Crippen LogP contribution in [-0.2, 0) is 23.8 Å². The van der Waals surface area contributed by atoms with E-state index in [1.807, 2.05) is 50.3 Å². The van der Waals surface area contributed by atoms with Crippen LogP contribution < -0.4 is 0 Å². The molecule has 1 atom stereocenters. The number of carbonyl (C=O) groups is 2. The van der Waals surface area contributed by atoms with Crippen molar-refractivity contribution in [3.8, 4) is 0 Å². The summed E-state index contributed by atoms with van der Waals surface area (Å²) < 4.78 is 16.4. The minimum absolute atomic E-state index is 0.0597. The summed E-state index contributed by atoms with van der Waals surface area (Å²) in [5, 5.41) is 0. The molecule has 1 heterocycles. The fraction of sp³-hybridized carbons (Fsp3) is 0.500. The van der Waals surface area contributed by atoms with Gasteiger partial charge in [-0.15, -0.1) is 0 Å². The average molecular weight is 346 g/mol. The Kier molecular flexibility index (Phi) is 6.37. The van der Waals surface area contributed by atoms with Crippen molar-refractivity contribution in [2.75, 3.05) is 19.8 Å². The van der Waals surface area contributed by atoms with Crippen molar-refractivity contribution < 1.29 is 23.8 Å². The van der Waals surface area contributed by atoms with Crippen LogP contribution in [0.5, 0.6) is 0 Å². The van der Waals surface area contributed by atoms with E-state index < -0.39 is 23.5 Å². The Bertz CT molecular complexity index is 615. The molecule has 1 aromatic carbocycles. The molecule has 1 fully saturated rings. The Morgan fingerprint density at radius 3 is 2.20 bits per heavy atom. The van der Waals surface area contributed by atoms with Crippen molar-refractivity contribution in [3.05, 3.63) is 41.5 Å². The summed E-state index contributed by atoms with van der Waals surface area (Å²) in [6.45, 7) is 7.84. The number of carbonyl (C=O) groups excluding carboxylic acids is 2. The number of rotatable bonds is 6. The molecule has 0 spiro atoms. The lowest BCUT2D eigenvalue weighted by Gasteiger charge is -2.32. The summed E-state index contributed by atoms with van der Waals surface area (Å²) in [7, 11) is 0. The van der Waals surface area contributed by atoms with Gasteiger partial charge in [0.1, 0.15) is 0 Å². The Labute approximate surface area is 149 Å². The quantitative estimate of drug-likeness (QED) is 0.584. The minimum Gasteiger partial charge on any atom is -0.465 e. The number of esters is 2. The maximum atomic E-state index is 13.0. The smallest absolute Gasteiger partial charge is 0.330 e. The van der Waals surface area contributed by atoms with Gasteiger partial charge in [-0.25, -0.2) is 0 Å². The first kappa shape index (κ1) is 19.2. The zero-order chi connectivity index (χ0) is 18.4. The molecule has 0 aromatic heterocycles. The normalized spacial score (nSPS) is 20.7. The first-order valence-electron chi connectivity index (χ1n) is 8.70. The maximum Gasteiger partial charge on any atom is 0.330 e. The zero-order valence-corrected chi connectivity index (χ0v) is 15.3. The van der Waals surface area contributed by atoms with Gasteiger partial charge in [-0.1, -0.05) is 50.3 Å². The standard InChI is InChI=1S/C20H26O5/c1-5-23-18(21)20(19(22)24-6-2)16(13-25-17(20)14(3)4)12-15-10-8-7-9-11-15/h7-12,14,17H,5-6,13H2,1-4H3/b16-12+. The predicted molar refractivity (Wildman–Crippen MR) is 94.7 cm³/mol. The van der Waals surface area contributed by atoms with E-state index in [1.54, 1.807) is 13.8 Å². The first-order valence-corrected chi connectivity index (χ1v) is 8.70. The molecular formula is C20H26O5. The maximum absolute atomic E-state index is 13.0. The highest BCUT2D eigenvalue weighted by Crippen LogP contribution is 2.46. The van der Waals surface area contributed by atoms with Gasteiger partial charge >= 0.3 is 11.9 Å². The van der Waals surface area contributed by atoms with E-state index >= 15 is 0 Å². The van der Waals surface area contributed by atoms with Crippen LogP contribution in [0.2, 0.25) is 0 Å². The van der Waals surface area contributed by atoms with Gasteiger partial charge in [0.05, 0.1) is 25.9 Å². The summed E-state index contributed by atoms with van der Waals surface area (Å²) in [6, 6.07) is 9.54. The fourth-order valence-corrected chi connectivity index (χ4v) is 3.27. The van der Waals surface area contributed by atoms with E-state index in [4.69, 9.17) is 14.2 Å². The van der Waals surface area contributed by atoms with Crippen molar-refractivity contribution in [3.63, 3.8) is 0 Å². The molecule has 0 bridgehead atoms. The molecule has 1 saturated heterocycles. The fourth-order valence-electron chi connectivity index (χ4n) is 3.27. The van der Waals surface area contributed by atoms with Crippen molar-refractivity contribution in [2.45, 2.75) is 33.8 Å². The van der Waals surface area contributed by atoms with Gasteiger partial charge in [0.25, 0.3) is 0 Å². The number of hydrogen-bond donors (Lipinski definition) is 0. The van der Waals surface area contributed by atoms with Crippen LogP contribution in [0.25, 0.3) is 6.08 Å². The Hall–Kier alpha value is -2.14. The minimum atomic E-state index is -1.56. The Balaban J connectivity index is 2.61. The highest BCUT2D eigenvalue weighted by molar-refractivity contribution is 6.06. The third-order valence-corrected chi connectivity index (χ3v) is 4.29. The second kappa shape index (κ2) is 8.30. The third-order valence-electron chi connectivity index (χ3n) is 4.29. The van der Waals surface area contributed by atoms with E-state index in [-0.39, 0.29) is 25.7 Å². The van der Waals surface area contributed by atoms with Gasteiger partial charge in [0.15, 0.2) is 0 Å². The molecule has 25 heavy (non-hydrogen) atoms. The van der Waals surface area contributed by atoms with E-state index in [0.29, 0.717) is 5.57 Å². The second-order valence-electron chi connectivity index (χ2n) is 6.30. The second-order valence-corrected chi connectivity index (χ2v) is 6.30. The first-order chi connectivity index (χ1) is 12.0. The highest BCUT2D eigenvalue weighted by Gasteiger charge is 2.62.